The molecule has 0 aromatic heterocycles. The van der Waals surface area contributed by atoms with Gasteiger partial charge in [0.25, 0.3) is 5.78 Å². The number of halogens is 2. The SMILES string of the molecule is CCOC(=O)C(=O)/C=C(\OCl)c1cc(C)cc(F)c1. The average molecular weight is 287 g/mol. The van der Waals surface area contributed by atoms with Crippen LogP contribution in [0.5, 0.6) is 0 Å². The van der Waals surface area contributed by atoms with Crippen molar-refractivity contribution in [1.82, 2.24) is 0 Å². The molecule has 0 aliphatic heterocycles. The van der Waals surface area contributed by atoms with Crippen LogP contribution < -0.4 is 0 Å². The second-order valence-electron chi connectivity index (χ2n) is 3.69. The van der Waals surface area contributed by atoms with Gasteiger partial charge in [0.05, 0.1) is 6.61 Å². The molecule has 19 heavy (non-hydrogen) atoms. The van der Waals surface area contributed by atoms with Crippen LogP contribution in [-0.2, 0) is 18.6 Å². The van der Waals surface area contributed by atoms with E-state index in [0.29, 0.717) is 5.56 Å². The molecule has 0 N–H and O–H groups in total. The molecule has 1 rings (SSSR count). The summed E-state index contributed by atoms with van der Waals surface area (Å²) in [6, 6.07) is 4.01. The largest absolute Gasteiger partial charge is 0.460 e. The molecule has 0 aliphatic rings. The molecule has 0 heterocycles. The predicted octanol–water partition coefficient (Wildman–Crippen LogP) is 2.78. The Labute approximate surface area is 114 Å². The number of hydrogen-bond donors (Lipinski definition) is 0. The van der Waals surface area contributed by atoms with Gasteiger partial charge in [-0.05, 0) is 37.6 Å². The monoisotopic (exact) mass is 286 g/mol. The van der Waals surface area contributed by atoms with Crippen LogP contribution in [0.4, 0.5) is 4.39 Å². The maximum atomic E-state index is 13.2. The Bertz CT molecular complexity index is 505. The van der Waals surface area contributed by atoms with E-state index >= 15 is 0 Å². The normalized spacial score (nSPS) is 11.1. The van der Waals surface area contributed by atoms with E-state index in [9.17, 15) is 14.0 Å². The first kappa shape index (κ1) is 15.2. The van der Waals surface area contributed by atoms with Crippen molar-refractivity contribution in [2.24, 2.45) is 0 Å². The van der Waals surface area contributed by atoms with Crippen LogP contribution in [-0.4, -0.2) is 18.4 Å². The first-order chi connectivity index (χ1) is 8.97. The fraction of sp³-hybridized carbons (Fsp3) is 0.231. The Balaban J connectivity index is 3.05. The topological polar surface area (TPSA) is 52.6 Å². The first-order valence-electron chi connectivity index (χ1n) is 5.46. The Morgan fingerprint density at radius 3 is 2.58 bits per heavy atom. The summed E-state index contributed by atoms with van der Waals surface area (Å²) in [5.74, 6) is -2.58. The molecule has 0 spiro atoms. The minimum Gasteiger partial charge on any atom is -0.460 e. The number of ether oxygens (including phenoxy) is 1. The van der Waals surface area contributed by atoms with Gasteiger partial charge in [0.2, 0.25) is 0 Å². The highest BCUT2D eigenvalue weighted by molar-refractivity contribution is 6.39. The van der Waals surface area contributed by atoms with Crippen molar-refractivity contribution in [3.05, 3.63) is 41.2 Å². The van der Waals surface area contributed by atoms with Gasteiger partial charge in [-0.3, -0.25) is 4.79 Å². The smallest absolute Gasteiger partial charge is 0.379 e. The molecule has 0 amide bonds. The zero-order chi connectivity index (χ0) is 14.4. The Morgan fingerprint density at radius 1 is 1.37 bits per heavy atom. The van der Waals surface area contributed by atoms with Crippen LogP contribution in [0.15, 0.2) is 24.3 Å². The highest BCUT2D eigenvalue weighted by atomic mass is 35.5. The summed E-state index contributed by atoms with van der Waals surface area (Å²) in [4.78, 5) is 22.6. The number of carbonyl (C=O) groups excluding carboxylic acids is 2. The van der Waals surface area contributed by atoms with Crippen LogP contribution in [0.3, 0.4) is 0 Å². The van der Waals surface area contributed by atoms with Gasteiger partial charge in [-0.15, -0.1) is 0 Å². The highest BCUT2D eigenvalue weighted by Crippen LogP contribution is 2.20. The lowest BCUT2D eigenvalue weighted by molar-refractivity contribution is -0.151. The van der Waals surface area contributed by atoms with E-state index in [-0.39, 0.29) is 17.9 Å². The zero-order valence-electron chi connectivity index (χ0n) is 10.4. The van der Waals surface area contributed by atoms with Gasteiger partial charge in [0, 0.05) is 11.6 Å². The molecule has 102 valence electrons. The third-order valence-corrected chi connectivity index (χ3v) is 2.31. The van der Waals surface area contributed by atoms with Gasteiger partial charge >= 0.3 is 5.97 Å². The fourth-order valence-electron chi connectivity index (χ4n) is 1.41. The molecule has 1 aromatic rings. The second kappa shape index (κ2) is 6.89. The number of hydrogen-bond acceptors (Lipinski definition) is 4. The Hall–Kier alpha value is -1.88. The lowest BCUT2D eigenvalue weighted by atomic mass is 10.1. The molecule has 0 atom stereocenters. The van der Waals surface area contributed by atoms with Gasteiger partial charge in [0.1, 0.15) is 17.7 Å². The van der Waals surface area contributed by atoms with E-state index in [1.165, 1.54) is 6.07 Å². The van der Waals surface area contributed by atoms with Crippen LogP contribution in [0.25, 0.3) is 5.76 Å². The van der Waals surface area contributed by atoms with Gasteiger partial charge in [-0.1, -0.05) is 0 Å². The molecule has 0 aliphatic carbocycles. The highest BCUT2D eigenvalue weighted by Gasteiger charge is 2.15. The Morgan fingerprint density at radius 2 is 2.05 bits per heavy atom. The Kier molecular flexibility index (Phi) is 5.51. The fourth-order valence-corrected chi connectivity index (χ4v) is 1.54. The summed E-state index contributed by atoms with van der Waals surface area (Å²) in [5, 5.41) is 0. The van der Waals surface area contributed by atoms with Crippen molar-refractivity contribution >= 4 is 29.4 Å². The van der Waals surface area contributed by atoms with E-state index in [1.807, 2.05) is 0 Å². The number of esters is 1. The summed E-state index contributed by atoms with van der Waals surface area (Å²) in [6.45, 7) is 3.32. The minimum absolute atomic E-state index is 0.0779. The quantitative estimate of drug-likeness (QED) is 0.361. The third-order valence-electron chi connectivity index (χ3n) is 2.15. The molecule has 0 fully saturated rings. The zero-order valence-corrected chi connectivity index (χ0v) is 11.2. The molecule has 0 unspecified atom stereocenters. The number of rotatable bonds is 5. The lowest BCUT2D eigenvalue weighted by Gasteiger charge is -2.05. The standard InChI is InChI=1S/C13H12ClFO4/c1-3-18-13(17)11(16)7-12(19-14)9-4-8(2)5-10(15)6-9/h4-7H,3H2,1-2H3/b12-7-. The summed E-state index contributed by atoms with van der Waals surface area (Å²) >= 11 is 5.24. The van der Waals surface area contributed by atoms with Crippen molar-refractivity contribution in [2.45, 2.75) is 13.8 Å². The summed E-state index contributed by atoms with van der Waals surface area (Å²) < 4.78 is 22.2. The molecule has 0 radical (unpaired) electrons. The molecule has 1 aromatic carbocycles. The molecular formula is C13H12ClFO4. The third kappa shape index (κ3) is 4.37. The first-order valence-corrected chi connectivity index (χ1v) is 5.77. The van der Waals surface area contributed by atoms with Crippen molar-refractivity contribution < 1.29 is 23.0 Å². The molecule has 0 bridgehead atoms. The average Bonchev–Trinajstić information content (AvgIpc) is 2.34. The molecule has 4 nitrogen and oxygen atoms in total. The van der Waals surface area contributed by atoms with Crippen LogP contribution >= 0.6 is 11.9 Å². The molecule has 0 saturated carbocycles. The molecular weight excluding hydrogens is 275 g/mol. The lowest BCUT2D eigenvalue weighted by Crippen LogP contribution is -2.15. The van der Waals surface area contributed by atoms with Gasteiger partial charge < -0.3 is 9.03 Å². The van der Waals surface area contributed by atoms with Crippen molar-refractivity contribution in [1.29, 1.82) is 0 Å². The summed E-state index contributed by atoms with van der Waals surface area (Å²) in [6.07, 6.45) is 0.860. The van der Waals surface area contributed by atoms with E-state index in [1.54, 1.807) is 19.9 Å². The van der Waals surface area contributed by atoms with Crippen molar-refractivity contribution in [2.75, 3.05) is 6.61 Å². The van der Waals surface area contributed by atoms with E-state index < -0.39 is 17.6 Å². The number of aryl methyl sites for hydroxylation is 1. The number of carbonyl (C=O) groups is 2. The number of ketones is 1. The molecule has 6 heteroatoms. The second-order valence-corrected chi connectivity index (χ2v) is 3.84. The van der Waals surface area contributed by atoms with Crippen LogP contribution in [0.2, 0.25) is 0 Å². The maximum Gasteiger partial charge on any atom is 0.379 e. The van der Waals surface area contributed by atoms with E-state index in [4.69, 9.17) is 11.9 Å². The summed E-state index contributed by atoms with van der Waals surface area (Å²) in [5.41, 5.74) is 0.878. The molecule has 0 saturated heterocycles. The van der Waals surface area contributed by atoms with Crippen LogP contribution in [0.1, 0.15) is 18.1 Å². The van der Waals surface area contributed by atoms with Gasteiger partial charge in [-0.25, -0.2) is 9.18 Å². The van der Waals surface area contributed by atoms with E-state index in [0.717, 1.165) is 12.1 Å². The van der Waals surface area contributed by atoms with Gasteiger partial charge in [0.15, 0.2) is 5.76 Å². The van der Waals surface area contributed by atoms with Crippen molar-refractivity contribution in [3.8, 4) is 0 Å². The predicted molar refractivity (Wildman–Crippen MR) is 67.7 cm³/mol. The minimum atomic E-state index is -1.03. The maximum absolute atomic E-state index is 13.2. The van der Waals surface area contributed by atoms with Crippen molar-refractivity contribution in [3.63, 3.8) is 0 Å². The van der Waals surface area contributed by atoms with E-state index in [2.05, 4.69) is 9.03 Å². The van der Waals surface area contributed by atoms with Crippen LogP contribution in [0, 0.1) is 12.7 Å². The summed E-state index contributed by atoms with van der Waals surface area (Å²) in [7, 11) is 0. The van der Waals surface area contributed by atoms with Gasteiger partial charge in [-0.2, -0.15) is 0 Å². The number of benzene rings is 1.